The van der Waals surface area contributed by atoms with Crippen LogP contribution in [0.4, 0.5) is 0 Å². The third kappa shape index (κ3) is 34800. The molecule has 0 spiro atoms. The Balaban J connectivity index is -0.0000000169. The van der Waals surface area contributed by atoms with Gasteiger partial charge in [-0.05, 0) is 10.8 Å². The number of hydrogen-bond donors (Lipinski definition) is 0. The quantitative estimate of drug-likeness (QED) is 0.326. The topological polar surface area (TPSA) is 0 Å². The molecular formula is C35H94. The van der Waals surface area contributed by atoms with Crippen LogP contribution < -0.4 is 0 Å². The Kier molecular flexibility index (Phi) is 280. The Morgan fingerprint density at radius 2 is 0.286 bits per heavy atom. The van der Waals surface area contributed by atoms with Crippen molar-refractivity contribution in [3.05, 3.63) is 0 Å². The maximum Gasteiger partial charge on any atom is -0.0411 e. The first-order valence-corrected chi connectivity index (χ1v) is 16.2. The molecule has 0 aliphatic heterocycles. The van der Waals surface area contributed by atoms with E-state index in [0.29, 0.717) is 10.8 Å². The van der Waals surface area contributed by atoms with Crippen LogP contribution in [-0.4, -0.2) is 0 Å². The van der Waals surface area contributed by atoms with Gasteiger partial charge in [-0.25, -0.2) is 0 Å². The molecule has 0 nitrogen and oxygen atoms in total. The lowest BCUT2D eigenvalue weighted by Gasteiger charge is -2.05. The molecule has 0 aromatic rings. The van der Waals surface area contributed by atoms with E-state index in [0.717, 1.165) is 0 Å². The van der Waals surface area contributed by atoms with Crippen molar-refractivity contribution in [3.63, 3.8) is 0 Å². The summed E-state index contributed by atoms with van der Waals surface area (Å²) in [4.78, 5) is 0. The second-order valence-electron chi connectivity index (χ2n) is 9.12. The van der Waals surface area contributed by atoms with Crippen molar-refractivity contribution in [2.75, 3.05) is 0 Å². The number of unbranched alkanes of at least 4 members (excludes halogenated alkanes) is 1. The molecule has 0 heterocycles. The van der Waals surface area contributed by atoms with E-state index in [1.165, 1.54) is 32.1 Å². The fourth-order valence-corrected chi connectivity index (χ4v) is 0. The fraction of sp³-hybridized carbons (Fsp3) is 1.00. The summed E-state index contributed by atoms with van der Waals surface area (Å²) in [5.41, 5.74) is 1.00. The van der Waals surface area contributed by atoms with E-state index in [1.54, 1.807) is 0 Å². The van der Waals surface area contributed by atoms with Gasteiger partial charge in [-0.3, -0.25) is 0 Å². The van der Waals surface area contributed by atoms with Crippen LogP contribution in [0, 0.1) is 10.8 Å². The van der Waals surface area contributed by atoms with Gasteiger partial charge in [-0.1, -0.05) is 226 Å². The highest BCUT2D eigenvalue weighted by Crippen LogP contribution is 2.08. The predicted octanol–water partition coefficient (Wildman–Crippen LogP) is 16.3. The van der Waals surface area contributed by atoms with Crippen molar-refractivity contribution in [3.8, 4) is 0 Å². The van der Waals surface area contributed by atoms with E-state index >= 15 is 0 Å². The van der Waals surface area contributed by atoms with Gasteiger partial charge >= 0.3 is 0 Å². The Morgan fingerprint density at radius 3 is 0.286 bits per heavy atom. The van der Waals surface area contributed by atoms with Crippen LogP contribution in [0.25, 0.3) is 0 Å². The molecule has 0 amide bonds. The summed E-state index contributed by atoms with van der Waals surface area (Å²) < 4.78 is 0. The van der Waals surface area contributed by atoms with E-state index in [1.807, 2.05) is 83.1 Å². The number of rotatable bonds is 1. The van der Waals surface area contributed by atoms with Gasteiger partial charge in [0.25, 0.3) is 0 Å². The van der Waals surface area contributed by atoms with Gasteiger partial charge in [0.1, 0.15) is 0 Å². The zero-order chi connectivity index (χ0) is 32.5. The molecular weight excluding hydrogens is 420 g/mol. The molecule has 0 saturated heterocycles. The van der Waals surface area contributed by atoms with Crippen molar-refractivity contribution in [1.29, 1.82) is 0 Å². The second kappa shape index (κ2) is 128. The molecule has 0 aromatic heterocycles. The van der Waals surface area contributed by atoms with Crippen molar-refractivity contribution < 1.29 is 0 Å². The van der Waals surface area contributed by atoms with Gasteiger partial charge in [-0.15, -0.1) is 0 Å². The lowest BCUT2D eigenvalue weighted by Crippen LogP contribution is -1.93. The third-order valence-electron chi connectivity index (χ3n) is 0.500. The van der Waals surface area contributed by atoms with Gasteiger partial charge in [-0.2, -0.15) is 0 Å². The van der Waals surface area contributed by atoms with Crippen molar-refractivity contribution >= 4 is 0 Å². The molecule has 0 unspecified atom stereocenters. The summed E-state index contributed by atoms with van der Waals surface area (Å²) >= 11 is 0. The van der Waals surface area contributed by atoms with Crippen molar-refractivity contribution in [2.45, 2.75) is 226 Å². The highest BCUT2D eigenvalue weighted by atomic mass is 14.0. The first-order valence-electron chi connectivity index (χ1n) is 16.2. The lowest BCUT2D eigenvalue weighted by molar-refractivity contribution is 0.469. The van der Waals surface area contributed by atoms with E-state index in [2.05, 4.69) is 111 Å². The maximum absolute atomic E-state index is 2.19. The Bertz CT molecular complexity index is 89.2. The van der Waals surface area contributed by atoms with Gasteiger partial charge in [0.2, 0.25) is 0 Å². The zero-order valence-corrected chi connectivity index (χ0v) is 32.5. The smallest absolute Gasteiger partial charge is 0.0411 e. The molecule has 0 rings (SSSR count). The predicted molar refractivity (Wildman–Crippen MR) is 187 cm³/mol. The molecule has 0 aliphatic rings. The first kappa shape index (κ1) is 76.5. The summed E-state index contributed by atoms with van der Waals surface area (Å²) in [5, 5.41) is 0. The van der Waals surface area contributed by atoms with Gasteiger partial charge in [0.15, 0.2) is 0 Å². The molecule has 0 aromatic carbocycles. The molecule has 0 bridgehead atoms. The molecule has 0 aliphatic carbocycles. The monoisotopic (exact) mass is 515 g/mol. The van der Waals surface area contributed by atoms with Crippen LogP contribution in [0.3, 0.4) is 0 Å². The van der Waals surface area contributed by atoms with Crippen LogP contribution in [-0.2, 0) is 0 Å². The van der Waals surface area contributed by atoms with E-state index in [4.69, 9.17) is 0 Å². The van der Waals surface area contributed by atoms with Crippen LogP contribution >= 0.6 is 0 Å². The summed E-state index contributed by atoms with van der Waals surface area (Å²) in [7, 11) is 0. The van der Waals surface area contributed by atoms with Crippen LogP contribution in [0.15, 0.2) is 0 Å². The molecule has 35 heavy (non-hydrogen) atoms. The normalized spacial score (nSPS) is 6.86. The Labute approximate surface area is 236 Å². The molecule has 0 radical (unpaired) electrons. The molecule has 0 saturated carbocycles. The van der Waals surface area contributed by atoms with Crippen molar-refractivity contribution in [2.24, 2.45) is 10.8 Å². The standard InChI is InChI=1S/2C5H12.C4H10.3C3H8.6C2H6/c2*1-5(2,3)4;1-3-4-2;3*1-3-2;6*1-2/h2*1-4H3;3-4H2,1-2H3;3*3H2,1-2H3;6*1-2H3. The van der Waals surface area contributed by atoms with E-state index < -0.39 is 0 Å². The lowest BCUT2D eigenvalue weighted by atomic mass is 10.0. The van der Waals surface area contributed by atoms with Gasteiger partial charge < -0.3 is 0 Å². The highest BCUT2D eigenvalue weighted by Gasteiger charge is 1.96. The minimum Gasteiger partial charge on any atom is -0.0683 e. The third-order valence-corrected chi connectivity index (χ3v) is 0.500. The minimum absolute atomic E-state index is 0.500. The van der Waals surface area contributed by atoms with Gasteiger partial charge in [0.05, 0.1) is 0 Å². The summed E-state index contributed by atoms with van der Waals surface area (Å²) in [5.74, 6) is 0. The van der Waals surface area contributed by atoms with Gasteiger partial charge in [0, 0.05) is 0 Å². The first-order chi connectivity index (χ1) is 16.2. The Morgan fingerprint density at radius 1 is 0.257 bits per heavy atom. The van der Waals surface area contributed by atoms with Crippen LogP contribution in [0.1, 0.15) is 226 Å². The number of hydrogen-bond acceptors (Lipinski definition) is 0. The second-order valence-corrected chi connectivity index (χ2v) is 9.12. The van der Waals surface area contributed by atoms with E-state index in [-0.39, 0.29) is 0 Å². The molecule has 0 fully saturated rings. The molecule has 234 valence electrons. The summed E-state index contributed by atoms with van der Waals surface area (Å²) in [6.07, 6.45) is 6.39. The molecule has 0 N–H and O–H groups in total. The van der Waals surface area contributed by atoms with Crippen LogP contribution in [0.5, 0.6) is 0 Å². The molecule has 0 heteroatoms. The maximum atomic E-state index is 2.19. The zero-order valence-electron chi connectivity index (χ0n) is 32.5. The SMILES string of the molecule is CC.CC.CC.CC.CC.CC.CC(C)(C)C.CC(C)(C)C.CCC.CCC.CCC.CCCC. The average molecular weight is 515 g/mol. The highest BCUT2D eigenvalue weighted by molar-refractivity contribution is 4.47. The van der Waals surface area contributed by atoms with Crippen LogP contribution in [0.2, 0.25) is 0 Å². The average Bonchev–Trinajstić information content (AvgIpc) is 2.81. The fourth-order valence-electron chi connectivity index (χ4n) is 0. The van der Waals surface area contributed by atoms with Crippen molar-refractivity contribution in [1.82, 2.24) is 0 Å². The van der Waals surface area contributed by atoms with E-state index in [9.17, 15) is 0 Å². The Hall–Kier alpha value is 0. The largest absolute Gasteiger partial charge is 0.0683 e. The summed E-state index contributed by atoms with van der Waals surface area (Å²) in [6, 6.07) is 0. The molecule has 0 atom stereocenters. The minimum atomic E-state index is 0.500. The summed E-state index contributed by atoms with van der Waals surface area (Å²) in [6.45, 7) is 58.6.